The summed E-state index contributed by atoms with van der Waals surface area (Å²) in [6, 6.07) is 0.261. The predicted octanol–water partition coefficient (Wildman–Crippen LogP) is 1.10. The van der Waals surface area contributed by atoms with Gasteiger partial charge < -0.3 is 15.2 Å². The standard InChI is InChI=1S/C15H24N4O/c1-15(2,3)14-18-11-8-16-7-6-12(11)19(14)9-10-4-5-13(20)17-10/h10,16H,4-9H2,1-3H3,(H,17,20). The fourth-order valence-electron chi connectivity index (χ4n) is 3.17. The molecule has 5 heteroatoms. The molecule has 3 rings (SSSR count). The van der Waals surface area contributed by atoms with Crippen LogP contribution in [0, 0.1) is 0 Å². The van der Waals surface area contributed by atoms with Crippen LogP contribution in [-0.2, 0) is 29.7 Å². The maximum absolute atomic E-state index is 11.4. The van der Waals surface area contributed by atoms with Crippen LogP contribution in [0.2, 0.25) is 0 Å². The number of carbonyl (C=O) groups is 1. The van der Waals surface area contributed by atoms with Gasteiger partial charge in [-0.1, -0.05) is 20.8 Å². The number of hydrogen-bond acceptors (Lipinski definition) is 3. The van der Waals surface area contributed by atoms with Crippen LogP contribution in [-0.4, -0.2) is 28.0 Å². The van der Waals surface area contributed by atoms with Gasteiger partial charge in [0, 0.05) is 49.6 Å². The highest BCUT2D eigenvalue weighted by molar-refractivity contribution is 5.78. The van der Waals surface area contributed by atoms with Gasteiger partial charge in [0.15, 0.2) is 0 Å². The molecule has 0 saturated carbocycles. The van der Waals surface area contributed by atoms with E-state index in [1.165, 1.54) is 11.4 Å². The van der Waals surface area contributed by atoms with Crippen LogP contribution in [0.15, 0.2) is 0 Å². The summed E-state index contributed by atoms with van der Waals surface area (Å²) in [6.07, 6.45) is 2.63. The third-order valence-electron chi connectivity index (χ3n) is 4.15. The zero-order valence-electron chi connectivity index (χ0n) is 12.6. The van der Waals surface area contributed by atoms with Crippen molar-refractivity contribution in [1.82, 2.24) is 20.2 Å². The number of rotatable bonds is 2. The van der Waals surface area contributed by atoms with Gasteiger partial charge in [0.05, 0.1) is 5.69 Å². The fourth-order valence-corrected chi connectivity index (χ4v) is 3.17. The molecule has 3 heterocycles. The van der Waals surface area contributed by atoms with Gasteiger partial charge in [-0.05, 0) is 6.42 Å². The Morgan fingerprint density at radius 3 is 2.80 bits per heavy atom. The van der Waals surface area contributed by atoms with Gasteiger partial charge in [0.2, 0.25) is 5.91 Å². The highest BCUT2D eigenvalue weighted by Crippen LogP contribution is 2.27. The average molecular weight is 276 g/mol. The lowest BCUT2D eigenvalue weighted by Crippen LogP contribution is -2.33. The molecular weight excluding hydrogens is 252 g/mol. The quantitative estimate of drug-likeness (QED) is 0.850. The van der Waals surface area contributed by atoms with E-state index in [9.17, 15) is 4.79 Å². The molecule has 1 aromatic heterocycles. The molecule has 0 aromatic carbocycles. The van der Waals surface area contributed by atoms with E-state index in [1.54, 1.807) is 0 Å². The molecule has 2 aliphatic heterocycles. The van der Waals surface area contributed by atoms with E-state index >= 15 is 0 Å². The van der Waals surface area contributed by atoms with Crippen molar-refractivity contribution in [3.8, 4) is 0 Å². The number of nitrogens with zero attached hydrogens (tertiary/aromatic N) is 2. The second-order valence-corrected chi connectivity index (χ2v) is 6.92. The zero-order chi connectivity index (χ0) is 14.3. The third kappa shape index (κ3) is 2.46. The highest BCUT2D eigenvalue weighted by atomic mass is 16.1. The number of aromatic nitrogens is 2. The van der Waals surface area contributed by atoms with E-state index in [0.29, 0.717) is 6.42 Å². The van der Waals surface area contributed by atoms with Gasteiger partial charge in [-0.2, -0.15) is 0 Å². The summed E-state index contributed by atoms with van der Waals surface area (Å²) in [5.41, 5.74) is 2.57. The van der Waals surface area contributed by atoms with Crippen LogP contribution in [0.5, 0.6) is 0 Å². The molecular formula is C15H24N4O. The van der Waals surface area contributed by atoms with Crippen LogP contribution in [0.1, 0.15) is 50.8 Å². The molecule has 110 valence electrons. The maximum atomic E-state index is 11.4. The molecule has 20 heavy (non-hydrogen) atoms. The lowest BCUT2D eigenvalue weighted by Gasteiger charge is -2.24. The molecule has 0 radical (unpaired) electrons. The number of hydrogen-bond donors (Lipinski definition) is 2. The van der Waals surface area contributed by atoms with Gasteiger partial charge in [-0.25, -0.2) is 4.98 Å². The SMILES string of the molecule is CC(C)(C)c1nc2c(n1CC1CCC(=O)N1)CCNC2. The predicted molar refractivity (Wildman–Crippen MR) is 77.5 cm³/mol. The zero-order valence-corrected chi connectivity index (χ0v) is 12.6. The van der Waals surface area contributed by atoms with Crippen LogP contribution >= 0.6 is 0 Å². The lowest BCUT2D eigenvalue weighted by atomic mass is 9.95. The minimum atomic E-state index is 0.0277. The first-order valence-corrected chi connectivity index (χ1v) is 7.54. The smallest absolute Gasteiger partial charge is 0.220 e. The molecule has 1 unspecified atom stereocenters. The Kier molecular flexibility index (Phi) is 3.32. The summed E-state index contributed by atoms with van der Waals surface area (Å²) in [4.78, 5) is 16.3. The lowest BCUT2D eigenvalue weighted by molar-refractivity contribution is -0.119. The van der Waals surface area contributed by atoms with Crippen LogP contribution in [0.25, 0.3) is 0 Å². The first-order chi connectivity index (χ1) is 9.45. The summed E-state index contributed by atoms with van der Waals surface area (Å²) in [7, 11) is 0. The van der Waals surface area contributed by atoms with Crippen molar-refractivity contribution in [3.05, 3.63) is 17.2 Å². The van der Waals surface area contributed by atoms with Crippen molar-refractivity contribution in [1.29, 1.82) is 0 Å². The van der Waals surface area contributed by atoms with E-state index in [-0.39, 0.29) is 17.4 Å². The minimum Gasteiger partial charge on any atom is -0.352 e. The molecule has 1 saturated heterocycles. The van der Waals surface area contributed by atoms with Gasteiger partial charge in [0.1, 0.15) is 5.82 Å². The summed E-state index contributed by atoms with van der Waals surface area (Å²) in [5, 5.41) is 6.46. The largest absolute Gasteiger partial charge is 0.352 e. The molecule has 5 nitrogen and oxygen atoms in total. The van der Waals surface area contributed by atoms with E-state index < -0.39 is 0 Å². The van der Waals surface area contributed by atoms with Gasteiger partial charge in [0.25, 0.3) is 0 Å². The fraction of sp³-hybridized carbons (Fsp3) is 0.733. The summed E-state index contributed by atoms with van der Waals surface area (Å²) in [6.45, 7) is 9.36. The molecule has 1 fully saturated rings. The molecule has 0 bridgehead atoms. The number of fused-ring (bicyclic) bond motifs is 1. The first kappa shape index (κ1) is 13.6. The highest BCUT2D eigenvalue weighted by Gasteiger charge is 2.30. The van der Waals surface area contributed by atoms with Crippen LogP contribution in [0.4, 0.5) is 0 Å². The second-order valence-electron chi connectivity index (χ2n) is 6.92. The second kappa shape index (κ2) is 4.88. The monoisotopic (exact) mass is 276 g/mol. The molecule has 1 atom stereocenters. The van der Waals surface area contributed by atoms with Crippen molar-refractivity contribution in [3.63, 3.8) is 0 Å². The summed E-state index contributed by atoms with van der Waals surface area (Å²) in [5.74, 6) is 1.33. The van der Waals surface area contributed by atoms with Crippen molar-refractivity contribution in [2.75, 3.05) is 6.54 Å². The number of imidazole rings is 1. The van der Waals surface area contributed by atoms with Crippen LogP contribution in [0.3, 0.4) is 0 Å². The Morgan fingerprint density at radius 1 is 1.35 bits per heavy atom. The Labute approximate surface area is 120 Å². The first-order valence-electron chi connectivity index (χ1n) is 7.54. The Balaban J connectivity index is 1.94. The van der Waals surface area contributed by atoms with Gasteiger partial charge >= 0.3 is 0 Å². The average Bonchev–Trinajstić information content (AvgIpc) is 2.94. The Hall–Kier alpha value is -1.36. The number of nitrogens with one attached hydrogen (secondary N) is 2. The Bertz CT molecular complexity index is 527. The van der Waals surface area contributed by atoms with E-state index in [1.807, 2.05) is 0 Å². The minimum absolute atomic E-state index is 0.0277. The molecule has 1 amide bonds. The maximum Gasteiger partial charge on any atom is 0.220 e. The van der Waals surface area contributed by atoms with Crippen molar-refractivity contribution >= 4 is 5.91 Å². The Morgan fingerprint density at radius 2 is 2.15 bits per heavy atom. The van der Waals surface area contributed by atoms with Gasteiger partial charge in [-0.3, -0.25) is 4.79 Å². The van der Waals surface area contributed by atoms with Crippen LogP contribution < -0.4 is 10.6 Å². The third-order valence-corrected chi connectivity index (χ3v) is 4.15. The van der Waals surface area contributed by atoms with Crippen molar-refractivity contribution in [2.45, 2.75) is 64.6 Å². The summed E-state index contributed by atoms with van der Waals surface area (Å²) >= 11 is 0. The number of amides is 1. The molecule has 2 aliphatic rings. The number of carbonyl (C=O) groups excluding carboxylic acids is 1. The van der Waals surface area contributed by atoms with E-state index in [4.69, 9.17) is 4.98 Å². The van der Waals surface area contributed by atoms with E-state index in [2.05, 4.69) is 36.0 Å². The van der Waals surface area contributed by atoms with Crippen molar-refractivity contribution in [2.24, 2.45) is 0 Å². The topological polar surface area (TPSA) is 59.0 Å². The molecule has 0 aliphatic carbocycles. The van der Waals surface area contributed by atoms with Crippen molar-refractivity contribution < 1.29 is 4.79 Å². The molecule has 1 aromatic rings. The van der Waals surface area contributed by atoms with Gasteiger partial charge in [-0.15, -0.1) is 0 Å². The van der Waals surface area contributed by atoms with E-state index in [0.717, 1.165) is 38.3 Å². The normalized spacial score (nSPS) is 22.8. The molecule has 0 spiro atoms. The summed E-state index contributed by atoms with van der Waals surface area (Å²) < 4.78 is 2.37. The molecule has 2 N–H and O–H groups in total.